The van der Waals surface area contributed by atoms with Gasteiger partial charge in [0, 0.05) is 18.2 Å². The summed E-state index contributed by atoms with van der Waals surface area (Å²) in [5, 5.41) is 32.5. The van der Waals surface area contributed by atoms with Crippen molar-refractivity contribution in [2.75, 3.05) is 0 Å². The first kappa shape index (κ1) is 9.54. The third-order valence-corrected chi connectivity index (χ3v) is 0.887. The predicted molar refractivity (Wildman–Crippen MR) is 37.4 cm³/mol. The summed E-state index contributed by atoms with van der Waals surface area (Å²) in [6, 6.07) is 3.42. The van der Waals surface area contributed by atoms with Crippen molar-refractivity contribution in [1.29, 1.82) is 0 Å². The van der Waals surface area contributed by atoms with Gasteiger partial charge in [0.1, 0.15) is 17.2 Å². The molecule has 0 saturated carbocycles. The Morgan fingerprint density at radius 3 is 1.09 bits per heavy atom. The lowest BCUT2D eigenvalue weighted by Crippen LogP contribution is -1.72. The molecule has 6 N–H and O–H groups in total. The van der Waals surface area contributed by atoms with Gasteiger partial charge in [-0.15, -0.1) is 0 Å². The molecule has 0 saturated heterocycles. The van der Waals surface area contributed by atoms with E-state index in [0.717, 1.165) is 18.2 Å². The van der Waals surface area contributed by atoms with E-state index in [2.05, 4.69) is 5.90 Å². The van der Waals surface area contributed by atoms with Crippen LogP contribution in [0.3, 0.4) is 0 Å². The Labute approximate surface area is 62.9 Å². The summed E-state index contributed by atoms with van der Waals surface area (Å²) >= 11 is 0. The number of phenolic OH excluding ortho intramolecular Hbond substituents is 3. The van der Waals surface area contributed by atoms with E-state index in [1.807, 2.05) is 0 Å². The van der Waals surface area contributed by atoms with Gasteiger partial charge in [-0.3, -0.25) is 0 Å². The number of benzene rings is 1. The Balaban J connectivity index is 0.000000461. The monoisotopic (exact) mass is 159 g/mol. The molecule has 0 fully saturated rings. The lowest BCUT2D eigenvalue weighted by molar-refractivity contribution is 0.311. The van der Waals surface area contributed by atoms with Crippen LogP contribution in [0.1, 0.15) is 0 Å². The summed E-state index contributed by atoms with van der Waals surface area (Å²) in [6.45, 7) is 0. The van der Waals surface area contributed by atoms with E-state index < -0.39 is 0 Å². The second-order valence-electron chi connectivity index (χ2n) is 1.71. The summed E-state index contributed by atoms with van der Waals surface area (Å²) in [4.78, 5) is 0. The van der Waals surface area contributed by atoms with Gasteiger partial charge in [0.05, 0.1) is 0 Å². The van der Waals surface area contributed by atoms with Gasteiger partial charge < -0.3 is 20.5 Å². The molecule has 0 radical (unpaired) electrons. The molecule has 0 atom stereocenters. The van der Waals surface area contributed by atoms with Crippen LogP contribution in [-0.2, 0) is 0 Å². The average molecular weight is 159 g/mol. The maximum atomic E-state index is 8.67. The number of hydrogen-bond donors (Lipinski definition) is 5. The Hall–Kier alpha value is -1.46. The van der Waals surface area contributed by atoms with Crippen molar-refractivity contribution in [2.45, 2.75) is 0 Å². The van der Waals surface area contributed by atoms with Crippen LogP contribution < -0.4 is 5.90 Å². The van der Waals surface area contributed by atoms with E-state index in [4.69, 9.17) is 20.5 Å². The van der Waals surface area contributed by atoms with Crippen molar-refractivity contribution in [1.82, 2.24) is 0 Å². The molecule has 1 aromatic rings. The van der Waals surface area contributed by atoms with Gasteiger partial charge in [-0.2, -0.15) is 0 Å². The van der Waals surface area contributed by atoms with Gasteiger partial charge in [-0.05, 0) is 0 Å². The molecule has 0 aliphatic heterocycles. The Morgan fingerprint density at radius 2 is 0.909 bits per heavy atom. The van der Waals surface area contributed by atoms with Crippen molar-refractivity contribution >= 4 is 0 Å². The van der Waals surface area contributed by atoms with Crippen LogP contribution in [0.15, 0.2) is 18.2 Å². The molecule has 0 heterocycles. The summed E-state index contributed by atoms with van der Waals surface area (Å²) < 4.78 is 0. The largest absolute Gasteiger partial charge is 0.508 e. The zero-order valence-corrected chi connectivity index (χ0v) is 5.60. The number of aromatic hydroxyl groups is 3. The topological polar surface area (TPSA) is 107 Å². The summed E-state index contributed by atoms with van der Waals surface area (Å²) in [5.74, 6) is 3.06. The quantitative estimate of drug-likeness (QED) is 0.346. The Kier molecular flexibility index (Phi) is 3.79. The van der Waals surface area contributed by atoms with Crippen LogP contribution >= 0.6 is 0 Å². The van der Waals surface area contributed by atoms with Crippen LogP contribution in [0.2, 0.25) is 0 Å². The maximum Gasteiger partial charge on any atom is 0.122 e. The highest BCUT2D eigenvalue weighted by atomic mass is 16.4. The van der Waals surface area contributed by atoms with Crippen LogP contribution in [-0.4, -0.2) is 20.5 Å². The number of hydrogen-bond acceptors (Lipinski definition) is 5. The van der Waals surface area contributed by atoms with Crippen molar-refractivity contribution in [3.63, 3.8) is 0 Å². The van der Waals surface area contributed by atoms with Gasteiger partial charge in [-0.25, -0.2) is 5.90 Å². The molecule has 0 bridgehead atoms. The molecule has 0 aromatic heterocycles. The second-order valence-corrected chi connectivity index (χ2v) is 1.71. The predicted octanol–water partition coefficient (Wildman–Crippen LogP) is 0.138. The molecule has 0 unspecified atom stereocenters. The van der Waals surface area contributed by atoms with E-state index >= 15 is 0 Å². The van der Waals surface area contributed by atoms with Crippen molar-refractivity contribution in [3.05, 3.63) is 18.2 Å². The van der Waals surface area contributed by atoms with E-state index in [-0.39, 0.29) is 17.2 Å². The first-order valence-electron chi connectivity index (χ1n) is 2.66. The van der Waals surface area contributed by atoms with Gasteiger partial charge in [0.15, 0.2) is 0 Å². The normalized spacial score (nSPS) is 8.18. The van der Waals surface area contributed by atoms with Crippen LogP contribution in [0.25, 0.3) is 0 Å². The maximum absolute atomic E-state index is 8.67. The molecule has 62 valence electrons. The SMILES string of the molecule is NO.Oc1cc(O)cc(O)c1. The van der Waals surface area contributed by atoms with Gasteiger partial charge in [0.25, 0.3) is 0 Å². The lowest BCUT2D eigenvalue weighted by Gasteiger charge is -1.94. The third-order valence-electron chi connectivity index (χ3n) is 0.887. The molecule has 5 heteroatoms. The van der Waals surface area contributed by atoms with Gasteiger partial charge in [-0.1, -0.05) is 0 Å². The lowest BCUT2D eigenvalue weighted by atomic mass is 10.3. The van der Waals surface area contributed by atoms with E-state index in [9.17, 15) is 0 Å². The first-order chi connectivity index (χ1) is 5.18. The fourth-order valence-electron chi connectivity index (χ4n) is 0.580. The highest BCUT2D eigenvalue weighted by Crippen LogP contribution is 2.23. The molecular weight excluding hydrogens is 150 g/mol. The minimum atomic E-state index is -0.146. The molecule has 1 rings (SSSR count). The molecule has 5 nitrogen and oxygen atoms in total. The van der Waals surface area contributed by atoms with E-state index in [1.54, 1.807) is 0 Å². The minimum Gasteiger partial charge on any atom is -0.508 e. The fraction of sp³-hybridized carbons (Fsp3) is 0. The summed E-state index contributed by atoms with van der Waals surface area (Å²) in [7, 11) is 0. The standard InChI is InChI=1S/C6H6O3.H3NO/c7-4-1-5(8)3-6(9)2-4;1-2/h1-3,7-9H;2H,1H2. The average Bonchev–Trinajstić information content (AvgIpc) is 1.88. The number of rotatable bonds is 0. The van der Waals surface area contributed by atoms with E-state index in [1.165, 1.54) is 0 Å². The van der Waals surface area contributed by atoms with Crippen LogP contribution in [0.5, 0.6) is 17.2 Å². The van der Waals surface area contributed by atoms with Gasteiger partial charge >= 0.3 is 0 Å². The summed E-state index contributed by atoms with van der Waals surface area (Å²) in [5.41, 5.74) is 0. The Bertz CT molecular complexity index is 175. The van der Waals surface area contributed by atoms with E-state index in [0.29, 0.717) is 0 Å². The van der Waals surface area contributed by atoms with Crippen molar-refractivity contribution in [3.8, 4) is 17.2 Å². The molecule has 0 aliphatic carbocycles. The van der Waals surface area contributed by atoms with Gasteiger partial charge in [0.2, 0.25) is 0 Å². The molecule has 11 heavy (non-hydrogen) atoms. The first-order valence-corrected chi connectivity index (χ1v) is 2.66. The van der Waals surface area contributed by atoms with Crippen molar-refractivity contribution in [2.24, 2.45) is 5.90 Å². The number of phenols is 3. The van der Waals surface area contributed by atoms with Crippen LogP contribution in [0, 0.1) is 0 Å². The molecule has 0 amide bonds. The zero-order chi connectivity index (χ0) is 8.85. The van der Waals surface area contributed by atoms with Crippen LogP contribution in [0.4, 0.5) is 0 Å². The third kappa shape index (κ3) is 3.29. The molecule has 0 aliphatic rings. The minimum absolute atomic E-state index is 0.146. The highest BCUT2D eigenvalue weighted by Gasteiger charge is 1.94. The summed E-state index contributed by atoms with van der Waals surface area (Å²) in [6.07, 6.45) is 0. The smallest absolute Gasteiger partial charge is 0.122 e. The highest BCUT2D eigenvalue weighted by molar-refractivity contribution is 5.39. The Morgan fingerprint density at radius 1 is 0.727 bits per heavy atom. The number of nitrogens with two attached hydrogens (primary N) is 1. The molecule has 1 aromatic carbocycles. The molecular formula is C6H9NO4. The fourth-order valence-corrected chi connectivity index (χ4v) is 0.580. The van der Waals surface area contributed by atoms with Crippen molar-refractivity contribution < 1.29 is 20.5 Å². The zero-order valence-electron chi connectivity index (χ0n) is 5.60. The molecule has 0 spiro atoms. The second kappa shape index (κ2) is 4.37.